The number of hydrogen-bond donors (Lipinski definition) is 2. The second-order valence-electron chi connectivity index (χ2n) is 4.39. The number of ether oxygens (including phenoxy) is 1. The fraction of sp³-hybridized carbons (Fsp3) is 0.889. The highest BCUT2D eigenvalue weighted by Gasteiger charge is 2.31. The van der Waals surface area contributed by atoms with Gasteiger partial charge >= 0.3 is 5.97 Å². The zero-order chi connectivity index (χ0) is 10.1. The molecule has 0 unspecified atom stereocenters. The van der Waals surface area contributed by atoms with Crippen LogP contribution in [0.15, 0.2) is 0 Å². The van der Waals surface area contributed by atoms with E-state index in [2.05, 4.69) is 5.32 Å². The molecule has 1 aliphatic heterocycles. The van der Waals surface area contributed by atoms with Crippen molar-refractivity contribution in [1.29, 1.82) is 0 Å². The zero-order valence-electron chi connectivity index (χ0n) is 8.33. The van der Waals surface area contributed by atoms with Gasteiger partial charge in [-0.05, 0) is 20.8 Å². The Labute approximate surface area is 78.3 Å². The summed E-state index contributed by atoms with van der Waals surface area (Å²) < 4.78 is 5.65. The lowest BCUT2D eigenvalue weighted by atomic mass is 10.1. The fourth-order valence-corrected chi connectivity index (χ4v) is 1.48. The Morgan fingerprint density at radius 1 is 1.54 bits per heavy atom. The Hall–Kier alpha value is -0.610. The first kappa shape index (κ1) is 10.5. The molecule has 2 atom stereocenters. The quantitative estimate of drug-likeness (QED) is 0.665. The van der Waals surface area contributed by atoms with Gasteiger partial charge in [0.05, 0.1) is 11.7 Å². The smallest absolute Gasteiger partial charge is 0.320 e. The molecule has 0 aromatic rings. The molecule has 1 aliphatic rings. The summed E-state index contributed by atoms with van der Waals surface area (Å²) in [7, 11) is 0. The van der Waals surface area contributed by atoms with E-state index in [1.165, 1.54) is 0 Å². The van der Waals surface area contributed by atoms with Crippen LogP contribution < -0.4 is 5.32 Å². The minimum Gasteiger partial charge on any atom is -0.480 e. The van der Waals surface area contributed by atoms with Gasteiger partial charge in [-0.3, -0.25) is 4.79 Å². The highest BCUT2D eigenvalue weighted by molar-refractivity contribution is 5.73. The summed E-state index contributed by atoms with van der Waals surface area (Å²) in [5.41, 5.74) is -0.195. The number of carboxylic acid groups (broad SMARTS) is 1. The van der Waals surface area contributed by atoms with Crippen LogP contribution in [0.1, 0.15) is 27.2 Å². The maximum atomic E-state index is 10.6. The van der Waals surface area contributed by atoms with E-state index in [1.54, 1.807) is 0 Å². The number of nitrogens with one attached hydrogen (secondary N) is 1. The average Bonchev–Trinajstić information content (AvgIpc) is 2.31. The van der Waals surface area contributed by atoms with E-state index in [4.69, 9.17) is 9.84 Å². The third kappa shape index (κ3) is 3.32. The van der Waals surface area contributed by atoms with Crippen molar-refractivity contribution in [1.82, 2.24) is 5.32 Å². The fourth-order valence-electron chi connectivity index (χ4n) is 1.48. The second-order valence-corrected chi connectivity index (χ2v) is 4.39. The molecule has 0 aliphatic carbocycles. The molecule has 4 nitrogen and oxygen atoms in total. The SMILES string of the molecule is CC(C)(C)O[C@@H]1CN[C@@H](C(=O)O)C1. The average molecular weight is 187 g/mol. The van der Waals surface area contributed by atoms with E-state index in [9.17, 15) is 4.79 Å². The summed E-state index contributed by atoms with van der Waals surface area (Å²) in [6.07, 6.45) is 0.591. The van der Waals surface area contributed by atoms with E-state index in [0.29, 0.717) is 13.0 Å². The molecule has 1 fully saturated rings. The molecular formula is C9H17NO3. The van der Waals surface area contributed by atoms with Crippen LogP contribution in [-0.2, 0) is 9.53 Å². The van der Waals surface area contributed by atoms with Gasteiger partial charge in [0.2, 0.25) is 0 Å². The van der Waals surface area contributed by atoms with Crippen molar-refractivity contribution in [3.63, 3.8) is 0 Å². The van der Waals surface area contributed by atoms with Gasteiger partial charge in [0.25, 0.3) is 0 Å². The van der Waals surface area contributed by atoms with Crippen LogP contribution in [0.2, 0.25) is 0 Å². The third-order valence-corrected chi connectivity index (χ3v) is 1.91. The van der Waals surface area contributed by atoms with E-state index in [-0.39, 0.29) is 11.7 Å². The topological polar surface area (TPSA) is 58.6 Å². The molecule has 0 aromatic carbocycles. The Kier molecular flexibility index (Phi) is 2.93. The standard InChI is InChI=1S/C9H17NO3/c1-9(2,3)13-6-4-7(8(11)12)10-5-6/h6-7,10H,4-5H2,1-3H3,(H,11,12)/t6-,7+/m0/s1. The lowest BCUT2D eigenvalue weighted by Gasteiger charge is -2.24. The van der Waals surface area contributed by atoms with Crippen molar-refractivity contribution >= 4 is 5.97 Å². The van der Waals surface area contributed by atoms with Crippen molar-refractivity contribution in [2.75, 3.05) is 6.54 Å². The molecule has 0 saturated carbocycles. The van der Waals surface area contributed by atoms with Crippen molar-refractivity contribution in [3.8, 4) is 0 Å². The van der Waals surface area contributed by atoms with Gasteiger partial charge in [-0.15, -0.1) is 0 Å². The summed E-state index contributed by atoms with van der Waals surface area (Å²) >= 11 is 0. The zero-order valence-corrected chi connectivity index (χ0v) is 8.33. The number of rotatable bonds is 2. The minimum atomic E-state index is -0.792. The van der Waals surface area contributed by atoms with Crippen LogP contribution in [0.4, 0.5) is 0 Å². The van der Waals surface area contributed by atoms with Gasteiger partial charge in [0, 0.05) is 13.0 Å². The molecule has 0 aromatic heterocycles. The lowest BCUT2D eigenvalue weighted by molar-refractivity contribution is -0.139. The first-order chi connectivity index (χ1) is 5.88. The predicted molar refractivity (Wildman–Crippen MR) is 48.7 cm³/mol. The molecule has 1 rings (SSSR count). The molecule has 0 radical (unpaired) electrons. The van der Waals surface area contributed by atoms with Crippen molar-refractivity contribution in [2.24, 2.45) is 0 Å². The minimum absolute atomic E-state index is 0.0288. The molecule has 13 heavy (non-hydrogen) atoms. The summed E-state index contributed by atoms with van der Waals surface area (Å²) in [6, 6.07) is -0.438. The van der Waals surface area contributed by atoms with E-state index < -0.39 is 12.0 Å². The Balaban J connectivity index is 2.38. The molecule has 0 spiro atoms. The molecule has 4 heteroatoms. The monoisotopic (exact) mass is 187 g/mol. The predicted octanol–water partition coefficient (Wildman–Crippen LogP) is 0.617. The largest absolute Gasteiger partial charge is 0.480 e. The van der Waals surface area contributed by atoms with E-state index in [0.717, 1.165) is 0 Å². The van der Waals surface area contributed by atoms with E-state index in [1.807, 2.05) is 20.8 Å². The number of aliphatic carboxylic acids is 1. The van der Waals surface area contributed by atoms with Crippen LogP contribution in [0.5, 0.6) is 0 Å². The van der Waals surface area contributed by atoms with Crippen LogP contribution in [0, 0.1) is 0 Å². The summed E-state index contributed by atoms with van der Waals surface area (Å²) in [4.78, 5) is 10.6. The maximum absolute atomic E-state index is 10.6. The van der Waals surface area contributed by atoms with Crippen LogP contribution in [-0.4, -0.2) is 35.4 Å². The van der Waals surface area contributed by atoms with Gasteiger partial charge in [0.1, 0.15) is 6.04 Å². The van der Waals surface area contributed by atoms with Crippen LogP contribution in [0.3, 0.4) is 0 Å². The Morgan fingerprint density at radius 2 is 2.15 bits per heavy atom. The molecule has 0 bridgehead atoms. The number of carbonyl (C=O) groups is 1. The summed E-state index contributed by atoms with van der Waals surface area (Å²) in [5, 5.41) is 11.6. The van der Waals surface area contributed by atoms with Gasteiger partial charge in [0.15, 0.2) is 0 Å². The van der Waals surface area contributed by atoms with Crippen LogP contribution in [0.25, 0.3) is 0 Å². The molecule has 76 valence electrons. The lowest BCUT2D eigenvalue weighted by Crippen LogP contribution is -2.30. The highest BCUT2D eigenvalue weighted by atomic mass is 16.5. The molecule has 0 amide bonds. The molecule has 1 saturated heterocycles. The Bertz CT molecular complexity index is 198. The first-order valence-corrected chi connectivity index (χ1v) is 4.52. The second kappa shape index (κ2) is 3.64. The number of carboxylic acids is 1. The van der Waals surface area contributed by atoms with Gasteiger partial charge in [-0.25, -0.2) is 0 Å². The summed E-state index contributed by atoms with van der Waals surface area (Å²) in [6.45, 7) is 6.55. The van der Waals surface area contributed by atoms with Gasteiger partial charge in [-0.1, -0.05) is 0 Å². The van der Waals surface area contributed by atoms with Gasteiger partial charge < -0.3 is 15.2 Å². The molecule has 1 heterocycles. The molecule has 2 N–H and O–H groups in total. The van der Waals surface area contributed by atoms with Crippen molar-refractivity contribution in [2.45, 2.75) is 44.9 Å². The van der Waals surface area contributed by atoms with Crippen LogP contribution >= 0.6 is 0 Å². The first-order valence-electron chi connectivity index (χ1n) is 4.52. The van der Waals surface area contributed by atoms with Crippen molar-refractivity contribution in [3.05, 3.63) is 0 Å². The maximum Gasteiger partial charge on any atom is 0.320 e. The number of hydrogen-bond acceptors (Lipinski definition) is 3. The third-order valence-electron chi connectivity index (χ3n) is 1.91. The van der Waals surface area contributed by atoms with E-state index >= 15 is 0 Å². The highest BCUT2D eigenvalue weighted by Crippen LogP contribution is 2.17. The summed E-state index contributed by atoms with van der Waals surface area (Å²) in [5.74, 6) is -0.792. The Morgan fingerprint density at radius 3 is 2.54 bits per heavy atom. The molecular weight excluding hydrogens is 170 g/mol. The van der Waals surface area contributed by atoms with Gasteiger partial charge in [-0.2, -0.15) is 0 Å². The normalized spacial score (nSPS) is 29.2. The van der Waals surface area contributed by atoms with Crippen molar-refractivity contribution < 1.29 is 14.6 Å².